The van der Waals surface area contributed by atoms with E-state index in [-0.39, 0.29) is 0 Å². The molecule has 0 aliphatic carbocycles. The van der Waals surface area contributed by atoms with Crippen molar-refractivity contribution in [2.24, 2.45) is 0 Å². The van der Waals surface area contributed by atoms with Gasteiger partial charge in [0.1, 0.15) is 5.76 Å². The average molecular weight is 298 g/mol. The van der Waals surface area contributed by atoms with Gasteiger partial charge >= 0.3 is 0 Å². The van der Waals surface area contributed by atoms with Crippen molar-refractivity contribution in [1.29, 1.82) is 0 Å². The van der Waals surface area contributed by atoms with E-state index in [2.05, 4.69) is 35.3 Å². The normalized spacial score (nSPS) is 14.1. The molecule has 0 atom stereocenters. The number of fused-ring (bicyclic) bond motifs is 1. The average Bonchev–Trinajstić information content (AvgIpc) is 3.06. The van der Waals surface area contributed by atoms with Crippen molar-refractivity contribution in [2.45, 2.75) is 45.7 Å². The highest BCUT2D eigenvalue weighted by molar-refractivity contribution is 5.57. The fraction of sp³-hybridized carbons (Fsp3) is 0.474. The molecule has 1 aliphatic heterocycles. The molecule has 0 unspecified atom stereocenters. The number of aryl methyl sites for hydroxylation is 1. The monoisotopic (exact) mass is 298 g/mol. The van der Waals surface area contributed by atoms with Gasteiger partial charge in [0.15, 0.2) is 0 Å². The van der Waals surface area contributed by atoms with Gasteiger partial charge in [-0.3, -0.25) is 0 Å². The minimum Gasteiger partial charge on any atom is -0.468 e. The van der Waals surface area contributed by atoms with Crippen LogP contribution in [0.5, 0.6) is 0 Å². The molecule has 3 nitrogen and oxygen atoms in total. The van der Waals surface area contributed by atoms with E-state index in [1.165, 1.54) is 55.6 Å². The molecule has 22 heavy (non-hydrogen) atoms. The maximum absolute atomic E-state index is 5.35. The summed E-state index contributed by atoms with van der Waals surface area (Å²) in [5, 5.41) is 3.46. The third kappa shape index (κ3) is 3.72. The lowest BCUT2D eigenvalue weighted by molar-refractivity contribution is 0.483. The Balaban J connectivity index is 1.63. The Kier molecular flexibility index (Phi) is 5.17. The summed E-state index contributed by atoms with van der Waals surface area (Å²) >= 11 is 0. The standard InChI is InChI=1S/C19H26N2O/c1-2-3-10-21-11-4-6-17-9-8-16(13-19(17)21)14-20-15-18-7-5-12-22-18/h5,7-9,12-13,20H,2-4,6,10-11,14-15H2,1H3. The van der Waals surface area contributed by atoms with Crippen LogP contribution in [0.1, 0.15) is 43.1 Å². The Hall–Kier alpha value is -1.74. The Morgan fingerprint density at radius 3 is 3.00 bits per heavy atom. The maximum Gasteiger partial charge on any atom is 0.117 e. The van der Waals surface area contributed by atoms with Gasteiger partial charge in [0.05, 0.1) is 12.8 Å². The molecule has 0 spiro atoms. The number of nitrogens with zero attached hydrogens (tertiary/aromatic N) is 1. The van der Waals surface area contributed by atoms with Crippen molar-refractivity contribution in [2.75, 3.05) is 18.0 Å². The van der Waals surface area contributed by atoms with Crippen LogP contribution in [-0.2, 0) is 19.5 Å². The van der Waals surface area contributed by atoms with E-state index in [4.69, 9.17) is 4.42 Å². The number of hydrogen-bond acceptors (Lipinski definition) is 3. The molecule has 0 saturated carbocycles. The molecule has 3 rings (SSSR count). The molecule has 1 N–H and O–H groups in total. The van der Waals surface area contributed by atoms with Gasteiger partial charge < -0.3 is 14.6 Å². The molecular weight excluding hydrogens is 272 g/mol. The molecule has 0 bridgehead atoms. The summed E-state index contributed by atoms with van der Waals surface area (Å²) in [6, 6.07) is 10.9. The predicted octanol–water partition coefficient (Wildman–Crippen LogP) is 4.12. The number of nitrogens with one attached hydrogen (secondary N) is 1. The number of anilines is 1. The van der Waals surface area contributed by atoms with E-state index in [0.717, 1.165) is 18.8 Å². The molecule has 0 radical (unpaired) electrons. The summed E-state index contributed by atoms with van der Waals surface area (Å²) in [6.45, 7) is 6.32. The molecule has 0 saturated heterocycles. The Bertz CT molecular complexity index is 577. The van der Waals surface area contributed by atoms with Gasteiger partial charge in [0, 0.05) is 25.3 Å². The van der Waals surface area contributed by atoms with E-state index < -0.39 is 0 Å². The molecular formula is C19H26N2O. The first kappa shape index (κ1) is 15.2. The van der Waals surface area contributed by atoms with Crippen LogP contribution in [0.3, 0.4) is 0 Å². The van der Waals surface area contributed by atoms with Crippen LogP contribution in [0.25, 0.3) is 0 Å². The highest BCUT2D eigenvalue weighted by Gasteiger charge is 2.16. The fourth-order valence-electron chi connectivity index (χ4n) is 3.13. The van der Waals surface area contributed by atoms with Crippen LogP contribution in [0.2, 0.25) is 0 Å². The first-order valence-corrected chi connectivity index (χ1v) is 8.46. The van der Waals surface area contributed by atoms with Crippen molar-refractivity contribution in [3.05, 3.63) is 53.5 Å². The highest BCUT2D eigenvalue weighted by atomic mass is 16.3. The van der Waals surface area contributed by atoms with Gasteiger partial charge in [0.25, 0.3) is 0 Å². The van der Waals surface area contributed by atoms with Gasteiger partial charge in [-0.25, -0.2) is 0 Å². The van der Waals surface area contributed by atoms with Crippen molar-refractivity contribution in [3.63, 3.8) is 0 Å². The zero-order valence-corrected chi connectivity index (χ0v) is 13.5. The first-order chi connectivity index (χ1) is 10.9. The van der Waals surface area contributed by atoms with Gasteiger partial charge in [-0.2, -0.15) is 0 Å². The third-order valence-electron chi connectivity index (χ3n) is 4.35. The van der Waals surface area contributed by atoms with Crippen LogP contribution >= 0.6 is 0 Å². The number of hydrogen-bond donors (Lipinski definition) is 1. The van der Waals surface area contributed by atoms with Crippen molar-refractivity contribution in [1.82, 2.24) is 5.32 Å². The quantitative estimate of drug-likeness (QED) is 0.833. The Morgan fingerprint density at radius 2 is 2.18 bits per heavy atom. The van der Waals surface area contributed by atoms with E-state index >= 15 is 0 Å². The first-order valence-electron chi connectivity index (χ1n) is 8.46. The summed E-state index contributed by atoms with van der Waals surface area (Å²) in [4.78, 5) is 2.57. The minimum atomic E-state index is 0.781. The van der Waals surface area contributed by atoms with Crippen molar-refractivity contribution >= 4 is 5.69 Å². The van der Waals surface area contributed by atoms with E-state index in [1.807, 2.05) is 12.1 Å². The molecule has 2 aromatic rings. The zero-order chi connectivity index (χ0) is 15.2. The molecule has 0 amide bonds. The lowest BCUT2D eigenvalue weighted by Gasteiger charge is -2.31. The van der Waals surface area contributed by atoms with E-state index in [9.17, 15) is 0 Å². The molecule has 118 valence electrons. The predicted molar refractivity (Wildman–Crippen MR) is 91.1 cm³/mol. The SMILES string of the molecule is CCCCN1CCCc2ccc(CNCc3ccco3)cc21. The number of rotatable bonds is 7. The fourth-order valence-corrected chi connectivity index (χ4v) is 3.13. The number of furan rings is 1. The number of unbranched alkanes of at least 4 members (excludes halogenated alkanes) is 1. The lowest BCUT2D eigenvalue weighted by atomic mass is 9.99. The molecule has 1 aromatic carbocycles. The van der Waals surface area contributed by atoms with Crippen LogP contribution in [0.15, 0.2) is 41.0 Å². The van der Waals surface area contributed by atoms with E-state index in [1.54, 1.807) is 6.26 Å². The van der Waals surface area contributed by atoms with Crippen LogP contribution in [0, 0.1) is 0 Å². The Labute approximate surface area is 133 Å². The van der Waals surface area contributed by atoms with Crippen molar-refractivity contribution in [3.8, 4) is 0 Å². The van der Waals surface area contributed by atoms with Gasteiger partial charge in [0.2, 0.25) is 0 Å². The minimum absolute atomic E-state index is 0.781. The second-order valence-electron chi connectivity index (χ2n) is 6.09. The second-order valence-corrected chi connectivity index (χ2v) is 6.09. The van der Waals surface area contributed by atoms with Gasteiger partial charge in [-0.05, 0) is 48.6 Å². The summed E-state index contributed by atoms with van der Waals surface area (Å²) < 4.78 is 5.35. The van der Waals surface area contributed by atoms with E-state index in [0.29, 0.717) is 0 Å². The summed E-state index contributed by atoms with van der Waals surface area (Å²) in [5.74, 6) is 0.988. The summed E-state index contributed by atoms with van der Waals surface area (Å²) in [5.41, 5.74) is 4.32. The van der Waals surface area contributed by atoms with Crippen LogP contribution in [0.4, 0.5) is 5.69 Å². The van der Waals surface area contributed by atoms with Gasteiger partial charge in [-0.1, -0.05) is 25.5 Å². The summed E-state index contributed by atoms with van der Waals surface area (Å²) in [7, 11) is 0. The molecule has 0 fully saturated rings. The largest absolute Gasteiger partial charge is 0.468 e. The molecule has 1 aliphatic rings. The summed E-state index contributed by atoms with van der Waals surface area (Å²) in [6.07, 6.45) is 6.77. The smallest absolute Gasteiger partial charge is 0.117 e. The lowest BCUT2D eigenvalue weighted by Crippen LogP contribution is -2.30. The number of benzene rings is 1. The van der Waals surface area contributed by atoms with Crippen LogP contribution in [-0.4, -0.2) is 13.1 Å². The van der Waals surface area contributed by atoms with Gasteiger partial charge in [-0.15, -0.1) is 0 Å². The van der Waals surface area contributed by atoms with Crippen molar-refractivity contribution < 1.29 is 4.42 Å². The Morgan fingerprint density at radius 1 is 1.23 bits per heavy atom. The third-order valence-corrected chi connectivity index (χ3v) is 4.35. The topological polar surface area (TPSA) is 28.4 Å². The zero-order valence-electron chi connectivity index (χ0n) is 13.5. The highest BCUT2D eigenvalue weighted by Crippen LogP contribution is 2.28. The molecule has 2 heterocycles. The second kappa shape index (κ2) is 7.50. The maximum atomic E-state index is 5.35. The van der Waals surface area contributed by atoms with Crippen LogP contribution < -0.4 is 10.2 Å². The molecule has 3 heteroatoms. The molecule has 1 aromatic heterocycles.